The lowest BCUT2D eigenvalue weighted by atomic mass is 10.1. The summed E-state index contributed by atoms with van der Waals surface area (Å²) >= 11 is 7.40. The van der Waals surface area contributed by atoms with Gasteiger partial charge < -0.3 is 0 Å². The van der Waals surface area contributed by atoms with Gasteiger partial charge in [-0.3, -0.25) is 4.99 Å². The molecule has 0 amide bonds. The topological polar surface area (TPSA) is 12.4 Å². The van der Waals surface area contributed by atoms with E-state index in [0.717, 1.165) is 14.9 Å². The van der Waals surface area contributed by atoms with Crippen LogP contribution in [0.25, 0.3) is 10.8 Å². The van der Waals surface area contributed by atoms with Crippen LogP contribution < -0.4 is 0 Å². The first-order chi connectivity index (χ1) is 8.81. The number of aliphatic imine (C=N–C) groups is 1. The van der Waals surface area contributed by atoms with Crippen LogP contribution in [-0.4, -0.2) is 6.21 Å². The molecule has 0 aliphatic heterocycles. The highest BCUT2D eigenvalue weighted by Gasteiger charge is 1.96. The van der Waals surface area contributed by atoms with Crippen molar-refractivity contribution in [2.45, 2.75) is 0 Å². The Morgan fingerprint density at radius 3 is 2.56 bits per heavy atom. The molecule has 1 heterocycles. The van der Waals surface area contributed by atoms with Crippen LogP contribution in [0.15, 0.2) is 59.6 Å². The monoisotopic (exact) mass is 271 g/mol. The van der Waals surface area contributed by atoms with Gasteiger partial charge in [0.1, 0.15) is 0 Å². The minimum Gasteiger partial charge on any atom is -0.255 e. The highest BCUT2D eigenvalue weighted by molar-refractivity contribution is 7.17. The van der Waals surface area contributed by atoms with E-state index in [0.29, 0.717) is 0 Å². The second-order valence-corrected chi connectivity index (χ2v) is 5.68. The number of rotatable bonds is 2. The quantitative estimate of drug-likeness (QED) is 0.561. The van der Waals surface area contributed by atoms with Crippen molar-refractivity contribution in [1.82, 2.24) is 0 Å². The average Bonchev–Trinajstić information content (AvgIpc) is 2.82. The Balaban J connectivity index is 1.93. The zero-order valence-corrected chi connectivity index (χ0v) is 11.1. The lowest BCUT2D eigenvalue weighted by Gasteiger charge is -1.98. The van der Waals surface area contributed by atoms with Gasteiger partial charge in [0.2, 0.25) is 0 Å². The molecule has 0 unspecified atom stereocenters. The van der Waals surface area contributed by atoms with Crippen molar-refractivity contribution in [3.8, 4) is 0 Å². The van der Waals surface area contributed by atoms with Crippen molar-refractivity contribution in [2.75, 3.05) is 0 Å². The maximum Gasteiger partial charge on any atom is 0.0935 e. The minimum absolute atomic E-state index is 0.787. The van der Waals surface area contributed by atoms with Gasteiger partial charge in [-0.1, -0.05) is 41.9 Å². The standard InChI is InChI=1S/C15H10ClNS/c16-15-8-7-14(18-15)10-17-13-6-5-11-3-1-2-4-12(11)9-13/h1-10H. The molecular formula is C15H10ClNS. The van der Waals surface area contributed by atoms with Gasteiger partial charge in [-0.15, -0.1) is 11.3 Å². The molecule has 3 heteroatoms. The lowest BCUT2D eigenvalue weighted by molar-refractivity contribution is 1.56. The Morgan fingerprint density at radius 2 is 1.78 bits per heavy atom. The Hall–Kier alpha value is -1.64. The fourth-order valence-electron chi connectivity index (χ4n) is 1.79. The van der Waals surface area contributed by atoms with Gasteiger partial charge in [-0.25, -0.2) is 0 Å². The molecule has 1 aromatic heterocycles. The third-order valence-corrected chi connectivity index (χ3v) is 3.83. The van der Waals surface area contributed by atoms with Crippen LogP contribution in [0, 0.1) is 0 Å². The molecule has 0 bridgehead atoms. The van der Waals surface area contributed by atoms with Crippen molar-refractivity contribution >= 4 is 45.6 Å². The van der Waals surface area contributed by atoms with Gasteiger partial charge in [0.05, 0.1) is 10.0 Å². The molecule has 0 saturated heterocycles. The largest absolute Gasteiger partial charge is 0.255 e. The van der Waals surface area contributed by atoms with Gasteiger partial charge in [-0.2, -0.15) is 0 Å². The maximum absolute atomic E-state index is 5.88. The van der Waals surface area contributed by atoms with Gasteiger partial charge in [-0.05, 0) is 35.0 Å². The molecule has 0 spiro atoms. The summed E-state index contributed by atoms with van der Waals surface area (Å²) in [6, 6.07) is 18.3. The van der Waals surface area contributed by atoms with Crippen LogP contribution >= 0.6 is 22.9 Å². The van der Waals surface area contributed by atoms with Crippen molar-refractivity contribution in [3.05, 3.63) is 63.8 Å². The summed E-state index contributed by atoms with van der Waals surface area (Å²) in [4.78, 5) is 5.53. The molecule has 3 rings (SSSR count). The van der Waals surface area contributed by atoms with Gasteiger partial charge in [0, 0.05) is 11.1 Å². The summed E-state index contributed by atoms with van der Waals surface area (Å²) < 4.78 is 0.787. The van der Waals surface area contributed by atoms with E-state index in [1.165, 1.54) is 22.1 Å². The molecule has 3 aromatic rings. The summed E-state index contributed by atoms with van der Waals surface area (Å²) in [6.45, 7) is 0. The molecule has 0 N–H and O–H groups in total. The molecule has 0 fully saturated rings. The third-order valence-electron chi connectivity index (χ3n) is 2.67. The van der Waals surface area contributed by atoms with Crippen LogP contribution in [0.3, 0.4) is 0 Å². The zero-order valence-electron chi connectivity index (χ0n) is 9.51. The molecule has 0 saturated carbocycles. The van der Waals surface area contributed by atoms with E-state index in [1.807, 2.05) is 36.5 Å². The van der Waals surface area contributed by atoms with Crippen molar-refractivity contribution < 1.29 is 0 Å². The highest BCUT2D eigenvalue weighted by atomic mass is 35.5. The highest BCUT2D eigenvalue weighted by Crippen LogP contribution is 2.23. The maximum atomic E-state index is 5.88. The first-order valence-corrected chi connectivity index (χ1v) is 6.79. The van der Waals surface area contributed by atoms with Crippen LogP contribution in [-0.2, 0) is 0 Å². The van der Waals surface area contributed by atoms with Gasteiger partial charge in [0.25, 0.3) is 0 Å². The van der Waals surface area contributed by atoms with E-state index >= 15 is 0 Å². The van der Waals surface area contributed by atoms with E-state index in [9.17, 15) is 0 Å². The average molecular weight is 272 g/mol. The number of hydrogen-bond acceptors (Lipinski definition) is 2. The Kier molecular flexibility index (Phi) is 3.13. The molecule has 0 aliphatic carbocycles. The first kappa shape index (κ1) is 11.5. The Bertz CT molecular complexity index is 715. The lowest BCUT2D eigenvalue weighted by Crippen LogP contribution is -1.74. The first-order valence-electron chi connectivity index (χ1n) is 5.59. The Morgan fingerprint density at radius 1 is 0.944 bits per heavy atom. The fraction of sp³-hybridized carbons (Fsp3) is 0. The van der Waals surface area contributed by atoms with Gasteiger partial charge >= 0.3 is 0 Å². The summed E-state index contributed by atoms with van der Waals surface area (Å²) in [5.41, 5.74) is 0.957. The molecule has 1 nitrogen and oxygen atoms in total. The normalized spacial score (nSPS) is 11.4. The van der Waals surface area contributed by atoms with Crippen LogP contribution in [0.5, 0.6) is 0 Å². The number of thiophene rings is 1. The second kappa shape index (κ2) is 4.92. The van der Waals surface area contributed by atoms with E-state index in [2.05, 4.69) is 29.3 Å². The van der Waals surface area contributed by atoms with Crippen LogP contribution in [0.4, 0.5) is 5.69 Å². The number of fused-ring (bicyclic) bond motifs is 1. The van der Waals surface area contributed by atoms with Crippen LogP contribution in [0.2, 0.25) is 4.34 Å². The molecule has 88 valence electrons. The third kappa shape index (κ3) is 2.45. The van der Waals surface area contributed by atoms with Crippen molar-refractivity contribution in [1.29, 1.82) is 0 Å². The van der Waals surface area contributed by atoms with E-state index in [1.54, 1.807) is 0 Å². The van der Waals surface area contributed by atoms with Gasteiger partial charge in [0.15, 0.2) is 0 Å². The zero-order chi connectivity index (χ0) is 12.4. The predicted molar refractivity (Wildman–Crippen MR) is 80.5 cm³/mol. The second-order valence-electron chi connectivity index (χ2n) is 3.93. The van der Waals surface area contributed by atoms with E-state index in [-0.39, 0.29) is 0 Å². The SMILES string of the molecule is Clc1ccc(C=Nc2ccc3ccccc3c2)s1. The fourth-order valence-corrected chi connectivity index (χ4v) is 2.73. The number of hydrogen-bond donors (Lipinski definition) is 0. The number of benzene rings is 2. The summed E-state index contributed by atoms with van der Waals surface area (Å²) in [6.07, 6.45) is 1.85. The van der Waals surface area contributed by atoms with E-state index < -0.39 is 0 Å². The molecule has 0 atom stereocenters. The summed E-state index contributed by atoms with van der Waals surface area (Å²) in [5, 5.41) is 2.44. The predicted octanol–water partition coefficient (Wildman–Crippen LogP) is 5.31. The molecule has 0 aliphatic rings. The minimum atomic E-state index is 0.787. The van der Waals surface area contributed by atoms with E-state index in [4.69, 9.17) is 11.6 Å². The number of nitrogens with zero attached hydrogens (tertiary/aromatic N) is 1. The molecule has 0 radical (unpaired) electrons. The number of halogens is 1. The van der Waals surface area contributed by atoms with Crippen LogP contribution in [0.1, 0.15) is 4.88 Å². The van der Waals surface area contributed by atoms with Crippen molar-refractivity contribution in [3.63, 3.8) is 0 Å². The molecule has 2 aromatic carbocycles. The summed E-state index contributed by atoms with van der Waals surface area (Å²) in [5.74, 6) is 0. The smallest absolute Gasteiger partial charge is 0.0935 e. The molecular weight excluding hydrogens is 262 g/mol. The Labute approximate surface area is 114 Å². The molecule has 18 heavy (non-hydrogen) atoms. The summed E-state index contributed by atoms with van der Waals surface area (Å²) in [7, 11) is 0. The van der Waals surface area contributed by atoms with Crippen molar-refractivity contribution in [2.24, 2.45) is 4.99 Å².